The van der Waals surface area contributed by atoms with Gasteiger partial charge in [0.15, 0.2) is 18.3 Å². The van der Waals surface area contributed by atoms with Crippen LogP contribution in [0.2, 0.25) is 0 Å². The van der Waals surface area contributed by atoms with Crippen molar-refractivity contribution in [2.24, 2.45) is 0 Å². The van der Waals surface area contributed by atoms with Gasteiger partial charge in [0.2, 0.25) is 0 Å². The molecule has 2 heteroatoms. The Morgan fingerprint density at radius 2 is 1.75 bits per heavy atom. The molecular weight excluding hydrogens is 214 g/mol. The Bertz CT molecular complexity index is 289. The molecule has 16 heavy (non-hydrogen) atoms. The molecule has 1 aromatic rings. The minimum Gasteiger partial charge on any atom is -0.195 e. The van der Waals surface area contributed by atoms with E-state index in [0.29, 0.717) is 0 Å². The number of aryl methyl sites for hydroxylation is 2. The summed E-state index contributed by atoms with van der Waals surface area (Å²) in [6.45, 7) is 6.59. The third-order valence-electron chi connectivity index (χ3n) is 2.58. The summed E-state index contributed by atoms with van der Waals surface area (Å²) in [4.78, 5) is 0. The van der Waals surface area contributed by atoms with E-state index in [-0.39, 0.29) is 0 Å². The fourth-order valence-corrected chi connectivity index (χ4v) is 2.77. The Kier molecular flexibility index (Phi) is 6.55. The van der Waals surface area contributed by atoms with E-state index in [9.17, 15) is 0 Å². The van der Waals surface area contributed by atoms with Crippen molar-refractivity contribution in [1.82, 2.24) is 0 Å². The van der Waals surface area contributed by atoms with Crippen LogP contribution in [0.5, 0.6) is 0 Å². The summed E-state index contributed by atoms with van der Waals surface area (Å²) in [6.07, 6.45) is 9.93. The molecule has 0 amide bonds. The van der Waals surface area contributed by atoms with Crippen LogP contribution in [0.4, 0.5) is 0 Å². The van der Waals surface area contributed by atoms with Crippen LogP contribution in [0.15, 0.2) is 18.5 Å². The van der Waals surface area contributed by atoms with Gasteiger partial charge >= 0.3 is 0 Å². The first-order chi connectivity index (χ1) is 7.72. The Hall–Kier alpha value is -0.500. The number of unbranched alkanes of at least 4 members (excludes halogenated alkanes) is 3. The second kappa shape index (κ2) is 7.72. The largest absolute Gasteiger partial charge is 0.195 e. The molecule has 1 heterocycles. The fraction of sp³-hybridized carbons (Fsp3) is 0.643. The zero-order valence-electron chi connectivity index (χ0n) is 10.8. The predicted molar refractivity (Wildman–Crippen MR) is 72.7 cm³/mol. The molecule has 0 atom stereocenters. The fourth-order valence-electron chi connectivity index (χ4n) is 1.87. The zero-order valence-corrected chi connectivity index (χ0v) is 11.6. The summed E-state index contributed by atoms with van der Waals surface area (Å²) < 4.78 is 2.30. The van der Waals surface area contributed by atoms with Gasteiger partial charge < -0.3 is 0 Å². The first-order valence-electron chi connectivity index (χ1n) is 6.27. The van der Waals surface area contributed by atoms with Crippen molar-refractivity contribution in [2.75, 3.05) is 5.75 Å². The van der Waals surface area contributed by atoms with E-state index in [1.54, 1.807) is 0 Å². The molecule has 0 aromatic carbocycles. The van der Waals surface area contributed by atoms with Gasteiger partial charge in [0, 0.05) is 11.1 Å². The molecule has 0 radical (unpaired) electrons. The minimum absolute atomic E-state index is 1.09. The van der Waals surface area contributed by atoms with Crippen molar-refractivity contribution >= 4 is 11.8 Å². The van der Waals surface area contributed by atoms with E-state index >= 15 is 0 Å². The molecule has 0 aliphatic heterocycles. The molecule has 0 spiro atoms. The highest BCUT2D eigenvalue weighted by Crippen LogP contribution is 2.08. The van der Waals surface area contributed by atoms with E-state index in [4.69, 9.17) is 0 Å². The van der Waals surface area contributed by atoms with E-state index < -0.39 is 0 Å². The van der Waals surface area contributed by atoms with E-state index in [1.165, 1.54) is 42.6 Å². The minimum atomic E-state index is 1.09. The Morgan fingerprint density at radius 1 is 1.06 bits per heavy atom. The normalized spacial score (nSPS) is 10.7. The smallest absolute Gasteiger partial charge is 0.194 e. The molecule has 1 nitrogen and oxygen atoms in total. The second-order valence-electron chi connectivity index (χ2n) is 4.50. The average molecular weight is 238 g/mol. The average Bonchev–Trinajstić information content (AvgIpc) is 2.22. The van der Waals surface area contributed by atoms with Crippen LogP contribution in [0, 0.1) is 13.8 Å². The van der Waals surface area contributed by atoms with Gasteiger partial charge in [0.1, 0.15) is 0 Å². The topological polar surface area (TPSA) is 3.88 Å². The zero-order chi connectivity index (χ0) is 11.8. The van der Waals surface area contributed by atoms with Crippen molar-refractivity contribution in [3.8, 4) is 0 Å². The van der Waals surface area contributed by atoms with Crippen LogP contribution in [0.1, 0.15) is 43.7 Å². The number of pyridine rings is 1. The number of thioether (sulfide) groups is 1. The van der Waals surface area contributed by atoms with Gasteiger partial charge in [-0.15, -0.1) is 0 Å². The lowest BCUT2D eigenvalue weighted by atomic mass is 10.2. The third-order valence-corrected chi connectivity index (χ3v) is 3.63. The molecule has 90 valence electrons. The number of nitrogens with zero attached hydrogens (tertiary/aromatic N) is 1. The van der Waals surface area contributed by atoms with Crippen LogP contribution in [0.25, 0.3) is 0 Å². The highest BCUT2D eigenvalue weighted by atomic mass is 32.2. The predicted octanol–water partition coefficient (Wildman–Crippen LogP) is 3.86. The number of hydrogen-bond donors (Lipinski definition) is 0. The van der Waals surface area contributed by atoms with Gasteiger partial charge in [-0.1, -0.05) is 37.9 Å². The molecule has 0 aliphatic carbocycles. The molecule has 0 N–H and O–H groups in total. The molecule has 1 rings (SSSR count). The maximum absolute atomic E-state index is 2.30. The molecule has 0 fully saturated rings. The maximum atomic E-state index is 2.30. The van der Waals surface area contributed by atoms with Crippen LogP contribution >= 0.6 is 11.8 Å². The van der Waals surface area contributed by atoms with Crippen LogP contribution in [-0.4, -0.2) is 5.75 Å². The van der Waals surface area contributed by atoms with E-state index in [2.05, 4.69) is 43.8 Å². The number of rotatable bonds is 7. The van der Waals surface area contributed by atoms with Crippen molar-refractivity contribution in [2.45, 2.75) is 52.3 Å². The highest BCUT2D eigenvalue weighted by molar-refractivity contribution is 7.98. The van der Waals surface area contributed by atoms with E-state index in [0.717, 1.165) is 5.88 Å². The lowest BCUT2D eigenvalue weighted by Gasteiger charge is -2.00. The molecule has 1 aromatic heterocycles. The molecule has 0 unspecified atom stereocenters. The Balaban J connectivity index is 2.21. The first kappa shape index (κ1) is 13.6. The van der Waals surface area contributed by atoms with Gasteiger partial charge in [-0.3, -0.25) is 0 Å². The van der Waals surface area contributed by atoms with Gasteiger partial charge in [0.25, 0.3) is 0 Å². The van der Waals surface area contributed by atoms with Gasteiger partial charge in [-0.05, 0) is 32.1 Å². The quantitative estimate of drug-likeness (QED) is 0.515. The molecule has 0 aliphatic rings. The molecular formula is C14H24NS+. The standard InChI is InChI=1S/C14H24NS/c1-4-5-6-7-8-16-12-15-10-13(2)9-14(3)11-15/h9-11H,4-8,12H2,1-3H3/q+1. The summed E-state index contributed by atoms with van der Waals surface area (Å²) in [6, 6.07) is 2.22. The van der Waals surface area contributed by atoms with Gasteiger partial charge in [0.05, 0.1) is 0 Å². The monoisotopic (exact) mass is 238 g/mol. The van der Waals surface area contributed by atoms with Crippen molar-refractivity contribution < 1.29 is 4.57 Å². The van der Waals surface area contributed by atoms with Crippen LogP contribution < -0.4 is 4.57 Å². The molecule has 0 saturated carbocycles. The third kappa shape index (κ3) is 5.55. The Labute approximate surface area is 104 Å². The molecule has 0 saturated heterocycles. The maximum Gasteiger partial charge on any atom is 0.194 e. The second-order valence-corrected chi connectivity index (χ2v) is 5.58. The SMILES string of the molecule is CCCCCCSC[n+]1cc(C)cc(C)c1. The lowest BCUT2D eigenvalue weighted by molar-refractivity contribution is -0.676. The van der Waals surface area contributed by atoms with Gasteiger partial charge in [-0.2, -0.15) is 4.57 Å². The number of aromatic nitrogens is 1. The summed E-state index contributed by atoms with van der Waals surface area (Å²) in [5.74, 6) is 2.38. The lowest BCUT2D eigenvalue weighted by Crippen LogP contribution is -2.32. The summed E-state index contributed by atoms with van der Waals surface area (Å²) in [5, 5.41) is 0. The van der Waals surface area contributed by atoms with Crippen molar-refractivity contribution in [3.05, 3.63) is 29.6 Å². The summed E-state index contributed by atoms with van der Waals surface area (Å²) in [7, 11) is 0. The summed E-state index contributed by atoms with van der Waals surface area (Å²) in [5.41, 5.74) is 2.71. The first-order valence-corrected chi connectivity index (χ1v) is 7.43. The Morgan fingerprint density at radius 3 is 2.38 bits per heavy atom. The van der Waals surface area contributed by atoms with Crippen molar-refractivity contribution in [3.63, 3.8) is 0 Å². The van der Waals surface area contributed by atoms with Crippen LogP contribution in [-0.2, 0) is 5.88 Å². The van der Waals surface area contributed by atoms with Crippen LogP contribution in [0.3, 0.4) is 0 Å². The highest BCUT2D eigenvalue weighted by Gasteiger charge is 2.02. The van der Waals surface area contributed by atoms with Crippen molar-refractivity contribution in [1.29, 1.82) is 0 Å². The van der Waals surface area contributed by atoms with E-state index in [1.807, 2.05) is 11.8 Å². The summed E-state index contributed by atoms with van der Waals surface area (Å²) >= 11 is 2.04. The molecule has 0 bridgehead atoms. The number of hydrogen-bond acceptors (Lipinski definition) is 1. The van der Waals surface area contributed by atoms with Gasteiger partial charge in [-0.25, -0.2) is 0 Å².